The van der Waals surface area contributed by atoms with Crippen molar-refractivity contribution in [1.82, 2.24) is 19.6 Å². The van der Waals surface area contributed by atoms with Gasteiger partial charge in [-0.15, -0.1) is 0 Å². The average Bonchev–Trinajstić information content (AvgIpc) is 3.45. The predicted octanol–water partition coefficient (Wildman–Crippen LogP) is 6.03. The first-order valence-electron chi connectivity index (χ1n) is 14.7. The monoisotopic (exact) mass is 538 g/mol. The van der Waals surface area contributed by atoms with Crippen molar-refractivity contribution >= 4 is 11.9 Å². The van der Waals surface area contributed by atoms with Crippen LogP contribution in [0.4, 0.5) is 9.18 Å². The third-order valence-corrected chi connectivity index (χ3v) is 9.20. The number of fused-ring (bicyclic) bond motifs is 1. The van der Waals surface area contributed by atoms with Crippen molar-refractivity contribution in [2.75, 3.05) is 33.2 Å². The Morgan fingerprint density at radius 2 is 1.74 bits per heavy atom. The molecule has 0 aromatic heterocycles. The Bertz CT molecular complexity index is 1030. The number of rotatable bonds is 6. The predicted molar refractivity (Wildman–Crippen MR) is 155 cm³/mol. The van der Waals surface area contributed by atoms with Crippen LogP contribution in [0.15, 0.2) is 54.9 Å². The molecule has 214 valence electrons. The van der Waals surface area contributed by atoms with E-state index < -0.39 is 6.17 Å². The highest BCUT2D eigenvalue weighted by Gasteiger charge is 2.46. The number of alkyl halides is 1. The van der Waals surface area contributed by atoms with Crippen LogP contribution in [-0.4, -0.2) is 83.0 Å². The Morgan fingerprint density at radius 1 is 1.05 bits per heavy atom. The Balaban J connectivity index is 0.000000144. The molecule has 6 nitrogen and oxygen atoms in total. The van der Waals surface area contributed by atoms with Crippen LogP contribution >= 0.6 is 0 Å². The molecule has 7 heteroatoms. The topological polar surface area (TPSA) is 47.1 Å². The van der Waals surface area contributed by atoms with Crippen LogP contribution in [0.1, 0.15) is 70.8 Å². The highest BCUT2D eigenvalue weighted by Crippen LogP contribution is 2.47. The molecule has 5 fully saturated rings. The van der Waals surface area contributed by atoms with Gasteiger partial charge in [0.2, 0.25) is 5.91 Å². The summed E-state index contributed by atoms with van der Waals surface area (Å²) in [4.78, 5) is 30.1. The molecule has 6 rings (SSSR count). The van der Waals surface area contributed by atoms with Crippen LogP contribution in [0.25, 0.3) is 0 Å². The van der Waals surface area contributed by atoms with E-state index in [-0.39, 0.29) is 31.1 Å². The van der Waals surface area contributed by atoms with E-state index in [9.17, 15) is 14.0 Å². The van der Waals surface area contributed by atoms with Gasteiger partial charge >= 0.3 is 6.03 Å². The van der Waals surface area contributed by atoms with E-state index in [0.717, 1.165) is 22.8 Å². The Kier molecular flexibility index (Phi) is 9.39. The normalized spacial score (nSPS) is 26.6. The lowest BCUT2D eigenvalue weighted by Gasteiger charge is -2.57. The fourth-order valence-electron chi connectivity index (χ4n) is 6.14. The van der Waals surface area contributed by atoms with Crippen LogP contribution in [0.5, 0.6) is 0 Å². The molecule has 4 atom stereocenters. The third-order valence-electron chi connectivity index (χ3n) is 9.20. The van der Waals surface area contributed by atoms with Crippen molar-refractivity contribution < 1.29 is 14.0 Å². The van der Waals surface area contributed by atoms with Crippen LogP contribution < -0.4 is 0 Å². The van der Waals surface area contributed by atoms with Gasteiger partial charge in [0.05, 0.1) is 6.54 Å². The summed E-state index contributed by atoms with van der Waals surface area (Å²) in [5, 5.41) is 0. The molecule has 39 heavy (non-hydrogen) atoms. The molecule has 2 aliphatic carbocycles. The van der Waals surface area contributed by atoms with Crippen molar-refractivity contribution in [3.63, 3.8) is 0 Å². The minimum absolute atomic E-state index is 0.0219. The number of imide groups is 1. The number of benzene rings is 1. The van der Waals surface area contributed by atoms with E-state index in [0.29, 0.717) is 5.92 Å². The second kappa shape index (κ2) is 12.6. The molecule has 5 aliphatic rings. The van der Waals surface area contributed by atoms with Crippen LogP contribution in [-0.2, 0) is 4.79 Å². The maximum Gasteiger partial charge on any atom is 0.327 e. The van der Waals surface area contributed by atoms with Crippen molar-refractivity contribution in [1.29, 1.82) is 0 Å². The van der Waals surface area contributed by atoms with Crippen molar-refractivity contribution in [2.45, 2.75) is 83.5 Å². The van der Waals surface area contributed by atoms with E-state index in [2.05, 4.69) is 60.3 Å². The summed E-state index contributed by atoms with van der Waals surface area (Å²) in [6, 6.07) is 11.4. The second-order valence-corrected chi connectivity index (χ2v) is 12.1. The number of hydrogen-bond acceptors (Lipinski definition) is 4. The maximum atomic E-state index is 12.7. The average molecular weight is 539 g/mol. The number of allylic oxidation sites excluding steroid dienone is 1. The molecule has 4 unspecified atom stereocenters. The first-order chi connectivity index (χ1) is 18.6. The van der Waals surface area contributed by atoms with Crippen LogP contribution in [0.2, 0.25) is 0 Å². The van der Waals surface area contributed by atoms with Crippen molar-refractivity contribution in [3.05, 3.63) is 60.4 Å². The van der Waals surface area contributed by atoms with Crippen molar-refractivity contribution in [2.24, 2.45) is 11.8 Å². The quantitative estimate of drug-likeness (QED) is 0.415. The number of nitrogens with zero attached hydrogens (tertiary/aromatic N) is 4. The molecule has 1 aromatic rings. The number of carbonyl (C=O) groups is 2. The van der Waals surface area contributed by atoms with Crippen LogP contribution in [0, 0.1) is 11.8 Å². The van der Waals surface area contributed by atoms with Gasteiger partial charge in [-0.3, -0.25) is 9.69 Å². The molecule has 1 aromatic carbocycles. The number of halogens is 1. The third kappa shape index (κ3) is 6.50. The lowest BCUT2D eigenvalue weighted by Crippen LogP contribution is -2.57. The molecule has 3 saturated heterocycles. The molecule has 3 aliphatic heterocycles. The molecule has 0 radical (unpaired) electrons. The molecule has 0 bridgehead atoms. The van der Waals surface area contributed by atoms with Gasteiger partial charge in [0.25, 0.3) is 0 Å². The summed E-state index contributed by atoms with van der Waals surface area (Å²) in [6.45, 7) is 15.6. The molecular weight excluding hydrogens is 491 g/mol. The van der Waals surface area contributed by atoms with Crippen molar-refractivity contribution in [3.8, 4) is 0 Å². The summed E-state index contributed by atoms with van der Waals surface area (Å²) in [5.74, 6) is 2.09. The summed E-state index contributed by atoms with van der Waals surface area (Å²) in [6.07, 6.45) is 7.05. The highest BCUT2D eigenvalue weighted by molar-refractivity contribution is 6.02. The standard InChI is InChI=1S/C16H21N.C9H15FN2O2.C7H11N/c1-13(14-8-5-9-14)17-11-10-16(12-17)15-6-3-2-4-7-15;1-6(2)11-5-8(13)12(9(11)14)4-7(3)10;1-5-6-3-4-7(6)8(5)2/h2-4,6-7,14,16H,1,5,8-12H2;6-7H,4-5H2,1-3H3;6-7H,1,3-4H2,2H3. The highest BCUT2D eigenvalue weighted by atomic mass is 19.1. The van der Waals surface area contributed by atoms with Crippen LogP contribution in [0.3, 0.4) is 0 Å². The largest absolute Gasteiger partial charge is 0.374 e. The maximum absolute atomic E-state index is 12.7. The molecular formula is C32H47FN4O2. The Hall–Kier alpha value is -2.83. The van der Waals surface area contributed by atoms with E-state index in [1.807, 2.05) is 13.8 Å². The summed E-state index contributed by atoms with van der Waals surface area (Å²) in [5.41, 5.74) is 4.27. The zero-order valence-corrected chi connectivity index (χ0v) is 24.3. The molecule has 2 saturated carbocycles. The number of carbonyl (C=O) groups excluding carboxylic acids is 2. The lowest BCUT2D eigenvalue weighted by molar-refractivity contribution is -0.125. The summed E-state index contributed by atoms with van der Waals surface area (Å²) < 4.78 is 12.7. The molecule has 0 N–H and O–H groups in total. The van der Waals surface area contributed by atoms with Gasteiger partial charge in [-0.25, -0.2) is 9.18 Å². The van der Waals surface area contributed by atoms with Gasteiger partial charge in [-0.05, 0) is 64.4 Å². The summed E-state index contributed by atoms with van der Waals surface area (Å²) in [7, 11) is 2.14. The number of piperidine rings is 1. The molecule has 3 amide bonds. The summed E-state index contributed by atoms with van der Waals surface area (Å²) >= 11 is 0. The fourth-order valence-corrected chi connectivity index (χ4v) is 6.14. The van der Waals surface area contributed by atoms with Gasteiger partial charge in [0.1, 0.15) is 12.7 Å². The van der Waals surface area contributed by atoms with Gasteiger partial charge in [-0.2, -0.15) is 0 Å². The van der Waals surface area contributed by atoms with Gasteiger partial charge in [-0.1, -0.05) is 49.9 Å². The van der Waals surface area contributed by atoms with E-state index >= 15 is 0 Å². The zero-order valence-electron chi connectivity index (χ0n) is 24.3. The number of urea groups is 1. The van der Waals surface area contributed by atoms with E-state index in [1.165, 1.54) is 80.4 Å². The first-order valence-corrected chi connectivity index (χ1v) is 14.7. The minimum Gasteiger partial charge on any atom is -0.374 e. The van der Waals surface area contributed by atoms with Gasteiger partial charge in [0, 0.05) is 55.5 Å². The smallest absolute Gasteiger partial charge is 0.327 e. The minimum atomic E-state index is -1.17. The lowest BCUT2D eigenvalue weighted by atomic mass is 9.69. The Labute approximate surface area is 234 Å². The number of amides is 3. The number of likely N-dealkylation sites (tertiary alicyclic amines) is 2. The molecule has 3 heterocycles. The SMILES string of the molecule is C=C(C1CCC1)N1CCC(c2ccccc2)C1.C=C1C2CCC2N1C.CC(F)CN1C(=O)CN(C(C)C)C1=O. The Morgan fingerprint density at radius 3 is 2.18 bits per heavy atom. The van der Waals surface area contributed by atoms with E-state index in [1.54, 1.807) is 0 Å². The first kappa shape index (κ1) is 29.2. The van der Waals surface area contributed by atoms with Gasteiger partial charge in [0.15, 0.2) is 0 Å². The number of hydrogen-bond donors (Lipinski definition) is 0. The molecule has 0 spiro atoms. The fraction of sp³-hybridized carbons (Fsp3) is 0.625. The van der Waals surface area contributed by atoms with E-state index in [4.69, 9.17) is 0 Å². The zero-order chi connectivity index (χ0) is 28.3. The second-order valence-electron chi connectivity index (χ2n) is 12.1. The van der Waals surface area contributed by atoms with Gasteiger partial charge < -0.3 is 14.7 Å².